The number of fused-ring (bicyclic) bond motifs is 1. The third-order valence-electron chi connectivity index (χ3n) is 3.58. The van der Waals surface area contributed by atoms with Crippen LogP contribution in [0.4, 0.5) is 5.00 Å². The highest BCUT2D eigenvalue weighted by Gasteiger charge is 2.25. The van der Waals surface area contributed by atoms with Gasteiger partial charge in [-0.05, 0) is 24.5 Å². The number of nitrogens with one attached hydrogen (secondary N) is 2. The molecule has 0 saturated carbocycles. The summed E-state index contributed by atoms with van der Waals surface area (Å²) in [5.41, 5.74) is 2.41. The van der Waals surface area contributed by atoms with E-state index in [4.69, 9.17) is 4.74 Å². The number of benzene rings is 1. The molecular formula is C15H17N3O2S. The lowest BCUT2D eigenvalue weighted by molar-refractivity contribution is 0.0925. The SMILES string of the molecule is CNc1snc(C)c1C(=O)N[C@@H]1CCOc2ccccc21. The molecule has 21 heavy (non-hydrogen) atoms. The van der Waals surface area contributed by atoms with Crippen LogP contribution in [0.1, 0.15) is 34.1 Å². The van der Waals surface area contributed by atoms with Gasteiger partial charge in [0, 0.05) is 19.0 Å². The van der Waals surface area contributed by atoms with E-state index < -0.39 is 0 Å². The van der Waals surface area contributed by atoms with Gasteiger partial charge in [0.05, 0.1) is 23.9 Å². The van der Waals surface area contributed by atoms with E-state index in [1.165, 1.54) is 11.5 Å². The molecule has 0 aliphatic carbocycles. The molecule has 2 aromatic rings. The largest absolute Gasteiger partial charge is 0.493 e. The summed E-state index contributed by atoms with van der Waals surface area (Å²) in [5.74, 6) is 0.760. The first-order valence-electron chi connectivity index (χ1n) is 6.87. The molecule has 5 nitrogen and oxygen atoms in total. The maximum atomic E-state index is 12.6. The molecular weight excluding hydrogens is 286 g/mol. The summed E-state index contributed by atoms with van der Waals surface area (Å²) >= 11 is 1.31. The van der Waals surface area contributed by atoms with E-state index in [9.17, 15) is 4.79 Å². The molecule has 0 bridgehead atoms. The predicted molar refractivity (Wildman–Crippen MR) is 83.2 cm³/mol. The highest BCUT2D eigenvalue weighted by Crippen LogP contribution is 2.32. The van der Waals surface area contributed by atoms with Gasteiger partial charge in [0.2, 0.25) is 0 Å². The van der Waals surface area contributed by atoms with E-state index >= 15 is 0 Å². The number of hydrogen-bond donors (Lipinski definition) is 2. The van der Waals surface area contributed by atoms with E-state index in [0.717, 1.165) is 28.4 Å². The third kappa shape index (κ3) is 2.58. The van der Waals surface area contributed by atoms with Gasteiger partial charge in [0.1, 0.15) is 10.8 Å². The van der Waals surface area contributed by atoms with Crippen LogP contribution < -0.4 is 15.4 Å². The quantitative estimate of drug-likeness (QED) is 0.915. The molecule has 6 heteroatoms. The van der Waals surface area contributed by atoms with Gasteiger partial charge >= 0.3 is 0 Å². The molecule has 0 saturated heterocycles. The van der Waals surface area contributed by atoms with Crippen molar-refractivity contribution in [2.24, 2.45) is 0 Å². The minimum Gasteiger partial charge on any atom is -0.493 e. The number of amides is 1. The van der Waals surface area contributed by atoms with Crippen molar-refractivity contribution in [3.8, 4) is 5.75 Å². The highest BCUT2D eigenvalue weighted by molar-refractivity contribution is 7.10. The minimum atomic E-state index is -0.0905. The van der Waals surface area contributed by atoms with Crippen molar-refractivity contribution in [1.29, 1.82) is 0 Å². The first kappa shape index (κ1) is 13.9. The van der Waals surface area contributed by atoms with Gasteiger partial charge in [-0.15, -0.1) is 0 Å². The standard InChI is InChI=1S/C15H17N3O2S/c1-9-13(15(16-2)21-18-9)14(19)17-11-7-8-20-12-6-4-3-5-10(11)12/h3-6,11,16H,7-8H2,1-2H3,(H,17,19)/t11-/m1/s1. The van der Waals surface area contributed by atoms with Gasteiger partial charge in [-0.2, -0.15) is 4.37 Å². The zero-order valence-electron chi connectivity index (χ0n) is 12.0. The van der Waals surface area contributed by atoms with Gasteiger partial charge in [-0.1, -0.05) is 18.2 Å². The number of aromatic nitrogens is 1. The number of hydrogen-bond acceptors (Lipinski definition) is 5. The number of carbonyl (C=O) groups excluding carboxylic acids is 1. The Balaban J connectivity index is 1.84. The van der Waals surface area contributed by atoms with Gasteiger partial charge in [0.25, 0.3) is 5.91 Å². The molecule has 1 amide bonds. The Hall–Kier alpha value is -2.08. The topological polar surface area (TPSA) is 63.2 Å². The van der Waals surface area contributed by atoms with Crippen LogP contribution in [0.2, 0.25) is 0 Å². The Labute approximate surface area is 127 Å². The predicted octanol–water partition coefficient (Wildman–Crippen LogP) is 2.75. The number of ether oxygens (including phenoxy) is 1. The molecule has 0 radical (unpaired) electrons. The number of para-hydroxylation sites is 1. The van der Waals surface area contributed by atoms with E-state index in [1.54, 1.807) is 7.05 Å². The highest BCUT2D eigenvalue weighted by atomic mass is 32.1. The molecule has 3 rings (SSSR count). The van der Waals surface area contributed by atoms with Crippen LogP contribution in [-0.2, 0) is 0 Å². The lowest BCUT2D eigenvalue weighted by Gasteiger charge is -2.26. The third-order valence-corrected chi connectivity index (χ3v) is 4.54. The molecule has 0 spiro atoms. The number of aryl methyl sites for hydroxylation is 1. The zero-order chi connectivity index (χ0) is 14.8. The number of carbonyl (C=O) groups is 1. The molecule has 1 atom stereocenters. The van der Waals surface area contributed by atoms with Gasteiger partial charge in [-0.3, -0.25) is 4.79 Å². The normalized spacial score (nSPS) is 16.8. The maximum absolute atomic E-state index is 12.6. The second kappa shape index (κ2) is 5.73. The summed E-state index contributed by atoms with van der Waals surface area (Å²) in [6.07, 6.45) is 0.772. The lowest BCUT2D eigenvalue weighted by atomic mass is 10.00. The van der Waals surface area contributed by atoms with E-state index in [2.05, 4.69) is 15.0 Å². The Morgan fingerprint density at radius 3 is 3.05 bits per heavy atom. The van der Waals surface area contributed by atoms with Crippen LogP contribution in [0.3, 0.4) is 0 Å². The Kier molecular flexibility index (Phi) is 3.79. The fraction of sp³-hybridized carbons (Fsp3) is 0.333. The fourth-order valence-electron chi connectivity index (χ4n) is 2.53. The molecule has 0 unspecified atom stereocenters. The van der Waals surface area contributed by atoms with Crippen LogP contribution in [0.5, 0.6) is 5.75 Å². The molecule has 1 aliphatic rings. The first-order valence-corrected chi connectivity index (χ1v) is 7.64. The number of rotatable bonds is 3. The smallest absolute Gasteiger partial charge is 0.256 e. The summed E-state index contributed by atoms with van der Waals surface area (Å²) in [5, 5.41) is 6.92. The molecule has 2 heterocycles. The second-order valence-electron chi connectivity index (χ2n) is 4.92. The Morgan fingerprint density at radius 2 is 2.24 bits per heavy atom. The number of anilines is 1. The molecule has 0 fully saturated rings. The van der Waals surface area contributed by atoms with Crippen LogP contribution in [0, 0.1) is 6.92 Å². The lowest BCUT2D eigenvalue weighted by Crippen LogP contribution is -2.32. The van der Waals surface area contributed by atoms with E-state index in [0.29, 0.717) is 12.2 Å². The van der Waals surface area contributed by atoms with Crippen molar-refractivity contribution < 1.29 is 9.53 Å². The molecule has 110 valence electrons. The first-order chi connectivity index (χ1) is 10.2. The van der Waals surface area contributed by atoms with Crippen molar-refractivity contribution in [3.63, 3.8) is 0 Å². The average Bonchev–Trinajstić information content (AvgIpc) is 2.88. The van der Waals surface area contributed by atoms with Crippen molar-refractivity contribution in [2.45, 2.75) is 19.4 Å². The van der Waals surface area contributed by atoms with Gasteiger partial charge < -0.3 is 15.4 Å². The summed E-state index contributed by atoms with van der Waals surface area (Å²) in [6, 6.07) is 7.81. The zero-order valence-corrected chi connectivity index (χ0v) is 12.8. The molecule has 2 N–H and O–H groups in total. The van der Waals surface area contributed by atoms with Crippen LogP contribution in [-0.4, -0.2) is 23.9 Å². The van der Waals surface area contributed by atoms with Crippen molar-refractivity contribution in [1.82, 2.24) is 9.69 Å². The van der Waals surface area contributed by atoms with Crippen molar-refractivity contribution in [2.75, 3.05) is 19.0 Å². The minimum absolute atomic E-state index is 0.0218. The van der Waals surface area contributed by atoms with E-state index in [-0.39, 0.29) is 11.9 Å². The van der Waals surface area contributed by atoms with Gasteiger partial charge in [0.15, 0.2) is 0 Å². The fourth-order valence-corrected chi connectivity index (χ4v) is 3.27. The molecule has 1 aliphatic heterocycles. The van der Waals surface area contributed by atoms with Gasteiger partial charge in [-0.25, -0.2) is 0 Å². The van der Waals surface area contributed by atoms with Crippen molar-refractivity contribution >= 4 is 22.4 Å². The van der Waals surface area contributed by atoms with Crippen LogP contribution in [0.15, 0.2) is 24.3 Å². The Morgan fingerprint density at radius 1 is 1.43 bits per heavy atom. The Bertz CT molecular complexity index is 669. The summed E-state index contributed by atoms with van der Waals surface area (Å²) in [4.78, 5) is 12.6. The summed E-state index contributed by atoms with van der Waals surface area (Å²) in [6.45, 7) is 2.46. The van der Waals surface area contributed by atoms with Crippen LogP contribution >= 0.6 is 11.5 Å². The number of nitrogens with zero attached hydrogens (tertiary/aromatic N) is 1. The average molecular weight is 303 g/mol. The van der Waals surface area contributed by atoms with Crippen LogP contribution in [0.25, 0.3) is 0 Å². The maximum Gasteiger partial charge on any atom is 0.256 e. The molecule has 1 aromatic carbocycles. The van der Waals surface area contributed by atoms with Crippen molar-refractivity contribution in [3.05, 3.63) is 41.1 Å². The summed E-state index contributed by atoms with van der Waals surface area (Å²) < 4.78 is 9.86. The summed E-state index contributed by atoms with van der Waals surface area (Å²) in [7, 11) is 1.80. The van der Waals surface area contributed by atoms with E-state index in [1.807, 2.05) is 31.2 Å². The second-order valence-corrected chi connectivity index (χ2v) is 5.70. The molecule has 1 aromatic heterocycles. The monoisotopic (exact) mass is 303 g/mol.